The summed E-state index contributed by atoms with van der Waals surface area (Å²) in [5.74, 6) is -0.00890. The van der Waals surface area contributed by atoms with E-state index in [9.17, 15) is 13.2 Å². The first-order valence-electron chi connectivity index (χ1n) is 6.97. The van der Waals surface area contributed by atoms with Crippen LogP contribution in [0, 0.1) is 0 Å². The van der Waals surface area contributed by atoms with E-state index >= 15 is 0 Å². The first kappa shape index (κ1) is 17.2. The van der Waals surface area contributed by atoms with Crippen LogP contribution in [0.3, 0.4) is 0 Å². The van der Waals surface area contributed by atoms with Crippen LogP contribution in [0.1, 0.15) is 6.42 Å². The van der Waals surface area contributed by atoms with Crippen molar-refractivity contribution in [3.8, 4) is 0 Å². The first-order chi connectivity index (χ1) is 10.4. The highest BCUT2D eigenvalue weighted by Crippen LogP contribution is 2.20. The van der Waals surface area contributed by atoms with Gasteiger partial charge in [0.25, 0.3) is 0 Å². The molecule has 1 heterocycles. The maximum Gasteiger partial charge on any atom is 0.243 e. The van der Waals surface area contributed by atoms with Crippen LogP contribution in [0.4, 0.5) is 0 Å². The van der Waals surface area contributed by atoms with Crippen molar-refractivity contribution in [3.63, 3.8) is 0 Å². The number of piperazine rings is 1. The fourth-order valence-corrected chi connectivity index (χ4v) is 3.83. The Morgan fingerprint density at radius 2 is 1.77 bits per heavy atom. The van der Waals surface area contributed by atoms with E-state index in [-0.39, 0.29) is 10.8 Å². The molecule has 1 aliphatic rings. The second-order valence-corrected chi connectivity index (χ2v) is 7.36. The molecule has 22 heavy (non-hydrogen) atoms. The van der Waals surface area contributed by atoms with E-state index in [1.165, 1.54) is 16.4 Å². The zero-order chi connectivity index (χ0) is 16.2. The zero-order valence-electron chi connectivity index (χ0n) is 12.4. The van der Waals surface area contributed by atoms with E-state index in [0.29, 0.717) is 44.2 Å². The number of methoxy groups -OCH3 is 1. The van der Waals surface area contributed by atoms with E-state index in [4.69, 9.17) is 16.3 Å². The first-order valence-corrected chi connectivity index (χ1v) is 8.79. The van der Waals surface area contributed by atoms with Crippen molar-refractivity contribution in [2.45, 2.75) is 11.3 Å². The Morgan fingerprint density at radius 1 is 1.18 bits per heavy atom. The van der Waals surface area contributed by atoms with E-state index in [0.717, 1.165) is 0 Å². The van der Waals surface area contributed by atoms with Gasteiger partial charge in [-0.1, -0.05) is 11.6 Å². The second-order valence-electron chi connectivity index (χ2n) is 4.98. The van der Waals surface area contributed by atoms with Crippen LogP contribution in [0.15, 0.2) is 29.2 Å². The molecular formula is C14H19ClN2O4S. The molecule has 122 valence electrons. The number of hydrogen-bond acceptors (Lipinski definition) is 4. The van der Waals surface area contributed by atoms with Gasteiger partial charge in [0, 0.05) is 38.3 Å². The van der Waals surface area contributed by atoms with Crippen molar-refractivity contribution in [1.29, 1.82) is 0 Å². The Labute approximate surface area is 135 Å². The Balaban J connectivity index is 1.98. The van der Waals surface area contributed by atoms with Crippen molar-refractivity contribution in [3.05, 3.63) is 29.3 Å². The van der Waals surface area contributed by atoms with Crippen molar-refractivity contribution in [2.24, 2.45) is 0 Å². The van der Waals surface area contributed by atoms with Crippen LogP contribution in [0.5, 0.6) is 0 Å². The van der Waals surface area contributed by atoms with Crippen LogP contribution < -0.4 is 0 Å². The van der Waals surface area contributed by atoms with Gasteiger partial charge in [-0.25, -0.2) is 8.42 Å². The zero-order valence-corrected chi connectivity index (χ0v) is 13.9. The number of benzene rings is 1. The molecule has 1 fully saturated rings. The number of rotatable bonds is 5. The molecule has 1 aliphatic heterocycles. The number of halogens is 1. The molecule has 0 spiro atoms. The van der Waals surface area contributed by atoms with Crippen molar-refractivity contribution < 1.29 is 17.9 Å². The molecule has 1 aromatic carbocycles. The van der Waals surface area contributed by atoms with Gasteiger partial charge in [0.05, 0.1) is 17.9 Å². The smallest absolute Gasteiger partial charge is 0.243 e. The lowest BCUT2D eigenvalue weighted by Crippen LogP contribution is -2.50. The lowest BCUT2D eigenvalue weighted by molar-refractivity contribution is -0.133. The maximum absolute atomic E-state index is 12.5. The number of amides is 1. The fraction of sp³-hybridized carbons (Fsp3) is 0.500. The van der Waals surface area contributed by atoms with Gasteiger partial charge in [0.1, 0.15) is 0 Å². The molecule has 1 saturated heterocycles. The highest BCUT2D eigenvalue weighted by molar-refractivity contribution is 7.89. The average Bonchev–Trinajstić information content (AvgIpc) is 2.53. The highest BCUT2D eigenvalue weighted by Gasteiger charge is 2.29. The summed E-state index contributed by atoms with van der Waals surface area (Å²) in [6.07, 6.45) is 0.320. The molecule has 1 amide bonds. The third-order valence-corrected chi connectivity index (χ3v) is 5.73. The Bertz CT molecular complexity index is 610. The largest absolute Gasteiger partial charge is 0.384 e. The van der Waals surface area contributed by atoms with E-state index in [1.54, 1.807) is 24.1 Å². The summed E-state index contributed by atoms with van der Waals surface area (Å²) in [5.41, 5.74) is 0. The van der Waals surface area contributed by atoms with Gasteiger partial charge in [-0.15, -0.1) is 0 Å². The van der Waals surface area contributed by atoms with Crippen LogP contribution in [0.25, 0.3) is 0 Å². The number of hydrogen-bond donors (Lipinski definition) is 0. The average molecular weight is 347 g/mol. The minimum atomic E-state index is -3.53. The summed E-state index contributed by atoms with van der Waals surface area (Å²) in [6.45, 7) is 1.76. The third-order valence-electron chi connectivity index (χ3n) is 3.56. The lowest BCUT2D eigenvalue weighted by atomic mass is 10.3. The third kappa shape index (κ3) is 3.98. The Kier molecular flexibility index (Phi) is 5.80. The number of ether oxygens (including phenoxy) is 1. The number of carbonyl (C=O) groups is 1. The lowest BCUT2D eigenvalue weighted by Gasteiger charge is -2.34. The predicted octanol–water partition coefficient (Wildman–Crippen LogP) is 1.21. The van der Waals surface area contributed by atoms with Gasteiger partial charge < -0.3 is 9.64 Å². The quantitative estimate of drug-likeness (QED) is 0.803. The summed E-state index contributed by atoms with van der Waals surface area (Å²) in [6, 6.07) is 6.10. The van der Waals surface area contributed by atoms with Gasteiger partial charge in [-0.2, -0.15) is 4.31 Å². The van der Waals surface area contributed by atoms with Crippen LogP contribution in [-0.2, 0) is 19.6 Å². The Morgan fingerprint density at radius 3 is 2.32 bits per heavy atom. The maximum atomic E-state index is 12.5. The predicted molar refractivity (Wildman–Crippen MR) is 83.3 cm³/mol. The van der Waals surface area contributed by atoms with Gasteiger partial charge in [-0.05, 0) is 24.3 Å². The van der Waals surface area contributed by atoms with Crippen LogP contribution >= 0.6 is 11.6 Å². The van der Waals surface area contributed by atoms with Gasteiger partial charge >= 0.3 is 0 Å². The molecule has 0 atom stereocenters. The summed E-state index contributed by atoms with van der Waals surface area (Å²) in [7, 11) is -1.99. The number of sulfonamides is 1. The molecule has 8 heteroatoms. The molecule has 2 rings (SSSR count). The van der Waals surface area contributed by atoms with Crippen LogP contribution in [0.2, 0.25) is 5.02 Å². The summed E-state index contributed by atoms with van der Waals surface area (Å²) in [4.78, 5) is 13.8. The molecule has 0 N–H and O–H groups in total. The molecule has 0 aliphatic carbocycles. The van der Waals surface area contributed by atoms with E-state index in [2.05, 4.69) is 0 Å². The van der Waals surface area contributed by atoms with Crippen molar-refractivity contribution in [2.75, 3.05) is 39.9 Å². The molecule has 0 aromatic heterocycles. The van der Waals surface area contributed by atoms with E-state index < -0.39 is 10.0 Å². The fourth-order valence-electron chi connectivity index (χ4n) is 2.28. The topological polar surface area (TPSA) is 66.9 Å². The molecule has 0 saturated carbocycles. The normalized spacial score (nSPS) is 16.7. The SMILES string of the molecule is COCCC(=O)N1CCN(S(=O)(=O)c2ccc(Cl)cc2)CC1. The molecule has 0 radical (unpaired) electrons. The van der Waals surface area contributed by atoms with Crippen molar-refractivity contribution in [1.82, 2.24) is 9.21 Å². The minimum Gasteiger partial charge on any atom is -0.384 e. The second kappa shape index (κ2) is 7.41. The van der Waals surface area contributed by atoms with Crippen molar-refractivity contribution >= 4 is 27.5 Å². The number of carbonyl (C=O) groups excluding carboxylic acids is 1. The van der Waals surface area contributed by atoms with Gasteiger partial charge in [0.2, 0.25) is 15.9 Å². The highest BCUT2D eigenvalue weighted by atomic mass is 35.5. The Hall–Kier alpha value is -1.15. The molecule has 0 unspecified atom stereocenters. The van der Waals surface area contributed by atoms with Gasteiger partial charge in [-0.3, -0.25) is 4.79 Å². The molecular weight excluding hydrogens is 328 g/mol. The monoisotopic (exact) mass is 346 g/mol. The summed E-state index contributed by atoms with van der Waals surface area (Å²) in [5, 5.41) is 0.493. The summed E-state index contributed by atoms with van der Waals surface area (Å²) >= 11 is 5.78. The molecule has 6 nitrogen and oxygen atoms in total. The molecule has 1 aromatic rings. The summed E-state index contributed by atoms with van der Waals surface area (Å²) < 4.78 is 31.3. The standard InChI is InChI=1S/C14H19ClN2O4S/c1-21-11-6-14(18)16-7-9-17(10-8-16)22(19,20)13-4-2-12(15)3-5-13/h2-5H,6-11H2,1H3. The van der Waals surface area contributed by atoms with E-state index in [1.807, 2.05) is 0 Å². The number of nitrogens with zero attached hydrogens (tertiary/aromatic N) is 2. The van der Waals surface area contributed by atoms with Crippen LogP contribution in [-0.4, -0.2) is 63.4 Å². The molecule has 0 bridgehead atoms. The van der Waals surface area contributed by atoms with Gasteiger partial charge in [0.15, 0.2) is 0 Å². The minimum absolute atomic E-state index is 0.00890.